The van der Waals surface area contributed by atoms with Crippen molar-refractivity contribution in [1.29, 1.82) is 0 Å². The summed E-state index contributed by atoms with van der Waals surface area (Å²) in [5, 5.41) is 13.0. The van der Waals surface area contributed by atoms with E-state index in [9.17, 15) is 5.11 Å². The number of hydrogen-bond acceptors (Lipinski definition) is 3. The molecule has 1 aliphatic heterocycles. The van der Waals surface area contributed by atoms with Gasteiger partial charge in [0.2, 0.25) is 0 Å². The Hall–Kier alpha value is -1.06. The number of nitrogens with one attached hydrogen (secondary N) is 1. The molecule has 0 bridgehead atoms. The number of rotatable bonds is 5. The Kier molecular flexibility index (Phi) is 4.25. The molecule has 0 spiro atoms. The summed E-state index contributed by atoms with van der Waals surface area (Å²) in [5.74, 6) is 0.345. The first-order valence-corrected chi connectivity index (χ1v) is 6.76. The Morgan fingerprint density at radius 2 is 2.33 bits per heavy atom. The third kappa shape index (κ3) is 2.85. The van der Waals surface area contributed by atoms with E-state index in [0.717, 1.165) is 32.5 Å². The largest absolute Gasteiger partial charge is 0.508 e. The van der Waals surface area contributed by atoms with Crippen molar-refractivity contribution >= 4 is 0 Å². The first-order chi connectivity index (χ1) is 8.66. The molecule has 0 amide bonds. The molecule has 0 radical (unpaired) electrons. The molecule has 1 heterocycles. The summed E-state index contributed by atoms with van der Waals surface area (Å²) >= 11 is 0. The quantitative estimate of drug-likeness (QED) is 0.841. The maximum absolute atomic E-state index is 9.57. The summed E-state index contributed by atoms with van der Waals surface area (Å²) in [6.45, 7) is 7.08. The van der Waals surface area contributed by atoms with Crippen LogP contribution < -0.4 is 5.32 Å². The molecule has 0 saturated carbocycles. The summed E-state index contributed by atoms with van der Waals surface area (Å²) < 4.78 is 5.77. The molecule has 1 aromatic carbocycles. The monoisotopic (exact) mass is 249 g/mol. The van der Waals surface area contributed by atoms with Crippen molar-refractivity contribution in [3.8, 4) is 5.75 Å². The SMILES string of the molecule is CCNCC1(Cc2cccc(O)c2)CCOC1C. The van der Waals surface area contributed by atoms with Crippen LogP contribution in [0, 0.1) is 5.41 Å². The predicted molar refractivity (Wildman–Crippen MR) is 72.8 cm³/mol. The number of benzene rings is 1. The molecule has 100 valence electrons. The smallest absolute Gasteiger partial charge is 0.115 e. The maximum Gasteiger partial charge on any atom is 0.115 e. The number of hydrogen-bond donors (Lipinski definition) is 2. The van der Waals surface area contributed by atoms with Gasteiger partial charge < -0.3 is 15.2 Å². The molecule has 2 N–H and O–H groups in total. The molecule has 1 aromatic rings. The number of phenols is 1. The Bertz CT molecular complexity index is 394. The van der Waals surface area contributed by atoms with Gasteiger partial charge in [-0.3, -0.25) is 0 Å². The fraction of sp³-hybridized carbons (Fsp3) is 0.600. The van der Waals surface area contributed by atoms with Crippen LogP contribution in [0.15, 0.2) is 24.3 Å². The highest BCUT2D eigenvalue weighted by Gasteiger charge is 2.41. The zero-order valence-corrected chi connectivity index (χ0v) is 11.3. The first kappa shape index (κ1) is 13.4. The van der Waals surface area contributed by atoms with Gasteiger partial charge in [-0.15, -0.1) is 0 Å². The van der Waals surface area contributed by atoms with Crippen molar-refractivity contribution in [3.05, 3.63) is 29.8 Å². The highest BCUT2D eigenvalue weighted by Crippen LogP contribution is 2.38. The van der Waals surface area contributed by atoms with E-state index in [1.165, 1.54) is 5.56 Å². The average Bonchev–Trinajstić information content (AvgIpc) is 2.69. The second-order valence-corrected chi connectivity index (χ2v) is 5.25. The lowest BCUT2D eigenvalue weighted by molar-refractivity contribution is 0.0632. The normalized spacial score (nSPS) is 27.6. The Labute approximate surface area is 109 Å². The average molecular weight is 249 g/mol. The Balaban J connectivity index is 2.14. The van der Waals surface area contributed by atoms with Crippen molar-refractivity contribution in [2.45, 2.75) is 32.8 Å². The minimum absolute atomic E-state index is 0.157. The number of ether oxygens (including phenoxy) is 1. The van der Waals surface area contributed by atoms with Gasteiger partial charge in [-0.1, -0.05) is 19.1 Å². The number of phenolic OH excluding ortho intramolecular Hbond substituents is 1. The second kappa shape index (κ2) is 5.72. The molecule has 1 saturated heterocycles. The van der Waals surface area contributed by atoms with E-state index in [-0.39, 0.29) is 11.5 Å². The van der Waals surface area contributed by atoms with E-state index in [4.69, 9.17) is 4.74 Å². The molecule has 1 aliphatic rings. The third-order valence-electron chi connectivity index (χ3n) is 4.02. The molecule has 18 heavy (non-hydrogen) atoms. The third-order valence-corrected chi connectivity index (χ3v) is 4.02. The van der Waals surface area contributed by atoms with Gasteiger partial charge in [-0.05, 0) is 44.0 Å². The zero-order valence-electron chi connectivity index (χ0n) is 11.3. The Morgan fingerprint density at radius 3 is 2.94 bits per heavy atom. The van der Waals surface area contributed by atoms with Crippen molar-refractivity contribution in [3.63, 3.8) is 0 Å². The van der Waals surface area contributed by atoms with Crippen molar-refractivity contribution in [1.82, 2.24) is 5.32 Å². The van der Waals surface area contributed by atoms with Crippen LogP contribution in [-0.2, 0) is 11.2 Å². The van der Waals surface area contributed by atoms with E-state index in [0.29, 0.717) is 5.75 Å². The van der Waals surface area contributed by atoms with E-state index in [1.54, 1.807) is 6.07 Å². The van der Waals surface area contributed by atoms with Crippen LogP contribution >= 0.6 is 0 Å². The van der Waals surface area contributed by atoms with Crippen LogP contribution in [0.5, 0.6) is 5.75 Å². The van der Waals surface area contributed by atoms with E-state index in [1.807, 2.05) is 12.1 Å². The fourth-order valence-electron chi connectivity index (χ4n) is 2.79. The summed E-state index contributed by atoms with van der Waals surface area (Å²) in [6, 6.07) is 7.57. The highest BCUT2D eigenvalue weighted by atomic mass is 16.5. The van der Waals surface area contributed by atoms with E-state index in [2.05, 4.69) is 25.2 Å². The minimum Gasteiger partial charge on any atom is -0.508 e. The van der Waals surface area contributed by atoms with Crippen LogP contribution in [0.2, 0.25) is 0 Å². The molecular formula is C15H23NO2. The first-order valence-electron chi connectivity index (χ1n) is 6.76. The number of aromatic hydroxyl groups is 1. The summed E-state index contributed by atoms with van der Waals surface area (Å²) in [7, 11) is 0. The minimum atomic E-state index is 0.157. The molecule has 1 fully saturated rings. The molecule has 3 nitrogen and oxygen atoms in total. The van der Waals surface area contributed by atoms with Gasteiger partial charge >= 0.3 is 0 Å². The zero-order chi connectivity index (χ0) is 13.0. The molecule has 2 rings (SSSR count). The van der Waals surface area contributed by atoms with Crippen LogP contribution in [0.3, 0.4) is 0 Å². The maximum atomic E-state index is 9.57. The van der Waals surface area contributed by atoms with Crippen LogP contribution in [0.4, 0.5) is 0 Å². The van der Waals surface area contributed by atoms with Crippen LogP contribution in [0.25, 0.3) is 0 Å². The lowest BCUT2D eigenvalue weighted by atomic mass is 9.76. The molecule has 0 aliphatic carbocycles. The Morgan fingerprint density at radius 1 is 1.50 bits per heavy atom. The van der Waals surface area contributed by atoms with Crippen LogP contribution in [-0.4, -0.2) is 30.9 Å². The summed E-state index contributed by atoms with van der Waals surface area (Å²) in [6.07, 6.45) is 2.30. The van der Waals surface area contributed by atoms with Gasteiger partial charge in [0.1, 0.15) is 5.75 Å². The predicted octanol–water partition coefficient (Wildman–Crippen LogP) is 2.34. The molecular weight excluding hydrogens is 226 g/mol. The summed E-state index contributed by atoms with van der Waals surface area (Å²) in [4.78, 5) is 0. The lowest BCUT2D eigenvalue weighted by Crippen LogP contribution is -2.41. The standard InChI is InChI=1S/C15H23NO2/c1-3-16-11-15(7-8-18-12(15)2)10-13-5-4-6-14(17)9-13/h4-6,9,12,16-17H,3,7-8,10-11H2,1-2H3. The van der Waals surface area contributed by atoms with Gasteiger partial charge in [0.05, 0.1) is 6.10 Å². The molecule has 2 atom stereocenters. The molecule has 0 aromatic heterocycles. The van der Waals surface area contributed by atoms with Crippen molar-refractivity contribution < 1.29 is 9.84 Å². The van der Waals surface area contributed by atoms with Crippen molar-refractivity contribution in [2.75, 3.05) is 19.7 Å². The highest BCUT2D eigenvalue weighted by molar-refractivity contribution is 5.28. The lowest BCUT2D eigenvalue weighted by Gasteiger charge is -2.32. The molecule has 3 heteroatoms. The van der Waals surface area contributed by atoms with Gasteiger partial charge in [0.25, 0.3) is 0 Å². The van der Waals surface area contributed by atoms with Gasteiger partial charge in [0.15, 0.2) is 0 Å². The van der Waals surface area contributed by atoms with Crippen molar-refractivity contribution in [2.24, 2.45) is 5.41 Å². The van der Waals surface area contributed by atoms with E-state index < -0.39 is 0 Å². The van der Waals surface area contributed by atoms with Gasteiger partial charge in [-0.2, -0.15) is 0 Å². The topological polar surface area (TPSA) is 41.5 Å². The van der Waals surface area contributed by atoms with Gasteiger partial charge in [0, 0.05) is 18.6 Å². The van der Waals surface area contributed by atoms with E-state index >= 15 is 0 Å². The summed E-state index contributed by atoms with van der Waals surface area (Å²) in [5.41, 5.74) is 1.34. The second-order valence-electron chi connectivity index (χ2n) is 5.25. The molecule has 2 unspecified atom stereocenters. The fourth-order valence-corrected chi connectivity index (χ4v) is 2.79. The van der Waals surface area contributed by atoms with Crippen LogP contribution in [0.1, 0.15) is 25.8 Å². The van der Waals surface area contributed by atoms with Gasteiger partial charge in [-0.25, -0.2) is 0 Å².